The lowest BCUT2D eigenvalue weighted by atomic mass is 10.0. The standard InChI is InChI=1S/C20H15ClN2O4/c1-27-20(26)13-7-8-15(21)16(11-13)23-19(25)17-14(9-10-22-18(17)24)12-5-3-2-4-6-12/h2-11H,1H3,(H,22,24)(H,23,25). The molecule has 0 spiro atoms. The fraction of sp³-hybridized carbons (Fsp3) is 0.0500. The summed E-state index contributed by atoms with van der Waals surface area (Å²) in [7, 11) is 1.25. The van der Waals surface area contributed by atoms with Crippen LogP contribution in [0.15, 0.2) is 65.6 Å². The Balaban J connectivity index is 2.01. The van der Waals surface area contributed by atoms with Gasteiger partial charge in [0.05, 0.1) is 23.4 Å². The van der Waals surface area contributed by atoms with Gasteiger partial charge >= 0.3 is 5.97 Å². The highest BCUT2D eigenvalue weighted by atomic mass is 35.5. The number of nitrogens with one attached hydrogen (secondary N) is 2. The third-order valence-corrected chi connectivity index (χ3v) is 4.24. The number of aromatic amines is 1. The number of carbonyl (C=O) groups is 2. The van der Waals surface area contributed by atoms with Crippen molar-refractivity contribution in [3.63, 3.8) is 0 Å². The fourth-order valence-corrected chi connectivity index (χ4v) is 2.78. The van der Waals surface area contributed by atoms with Gasteiger partial charge in [-0.3, -0.25) is 9.59 Å². The molecule has 1 heterocycles. The number of esters is 1. The SMILES string of the molecule is COC(=O)c1ccc(Cl)c(NC(=O)c2c(-c3ccccc3)cc[nH]c2=O)c1. The van der Waals surface area contributed by atoms with Crippen LogP contribution < -0.4 is 10.9 Å². The van der Waals surface area contributed by atoms with Gasteiger partial charge in [-0.1, -0.05) is 41.9 Å². The van der Waals surface area contributed by atoms with Gasteiger partial charge in [-0.15, -0.1) is 0 Å². The first kappa shape index (κ1) is 18.4. The molecule has 0 aliphatic rings. The molecule has 6 nitrogen and oxygen atoms in total. The van der Waals surface area contributed by atoms with E-state index in [0.29, 0.717) is 5.56 Å². The molecule has 0 atom stereocenters. The van der Waals surface area contributed by atoms with Crippen molar-refractivity contribution in [1.82, 2.24) is 4.98 Å². The van der Waals surface area contributed by atoms with Gasteiger partial charge in [-0.05, 0) is 29.8 Å². The molecule has 0 aliphatic carbocycles. The summed E-state index contributed by atoms with van der Waals surface area (Å²) in [4.78, 5) is 39.4. The van der Waals surface area contributed by atoms with Gasteiger partial charge in [-0.2, -0.15) is 0 Å². The Labute approximate surface area is 159 Å². The minimum Gasteiger partial charge on any atom is -0.465 e. The molecule has 0 bridgehead atoms. The molecule has 0 radical (unpaired) electrons. The highest BCUT2D eigenvalue weighted by molar-refractivity contribution is 6.34. The number of H-pyrrole nitrogens is 1. The number of pyridine rings is 1. The topological polar surface area (TPSA) is 88.3 Å². The normalized spacial score (nSPS) is 10.3. The van der Waals surface area contributed by atoms with Gasteiger partial charge in [0.1, 0.15) is 5.56 Å². The lowest BCUT2D eigenvalue weighted by Crippen LogP contribution is -2.24. The van der Waals surface area contributed by atoms with Gasteiger partial charge < -0.3 is 15.0 Å². The van der Waals surface area contributed by atoms with E-state index in [-0.39, 0.29) is 21.8 Å². The smallest absolute Gasteiger partial charge is 0.337 e. The number of aromatic nitrogens is 1. The van der Waals surface area contributed by atoms with Gasteiger partial charge in [-0.25, -0.2) is 4.79 Å². The van der Waals surface area contributed by atoms with E-state index < -0.39 is 17.4 Å². The van der Waals surface area contributed by atoms with Crippen molar-refractivity contribution < 1.29 is 14.3 Å². The zero-order valence-electron chi connectivity index (χ0n) is 14.3. The summed E-state index contributed by atoms with van der Waals surface area (Å²) in [6, 6.07) is 15.1. The summed E-state index contributed by atoms with van der Waals surface area (Å²) in [5.74, 6) is -1.20. The molecular formula is C20H15ClN2O4. The van der Waals surface area contributed by atoms with Gasteiger partial charge in [0.15, 0.2) is 0 Å². The number of anilines is 1. The molecule has 136 valence electrons. The molecule has 3 aromatic rings. The Morgan fingerprint density at radius 3 is 2.52 bits per heavy atom. The summed E-state index contributed by atoms with van der Waals surface area (Å²) < 4.78 is 4.67. The van der Waals surface area contributed by atoms with E-state index in [2.05, 4.69) is 15.0 Å². The minimum absolute atomic E-state index is 0.0526. The number of ether oxygens (including phenoxy) is 1. The van der Waals surface area contributed by atoms with E-state index in [4.69, 9.17) is 11.6 Å². The summed E-state index contributed by atoms with van der Waals surface area (Å²) in [5.41, 5.74) is 1.05. The second-order valence-corrected chi connectivity index (χ2v) is 6.01. The maximum Gasteiger partial charge on any atom is 0.337 e. The van der Waals surface area contributed by atoms with Gasteiger partial charge in [0.2, 0.25) is 0 Å². The number of rotatable bonds is 4. The van der Waals surface area contributed by atoms with Crippen LogP contribution in [0.4, 0.5) is 5.69 Å². The predicted molar refractivity (Wildman–Crippen MR) is 103 cm³/mol. The molecule has 2 N–H and O–H groups in total. The maximum absolute atomic E-state index is 12.8. The van der Waals surface area contributed by atoms with E-state index in [1.807, 2.05) is 18.2 Å². The molecule has 0 unspecified atom stereocenters. The zero-order valence-corrected chi connectivity index (χ0v) is 15.0. The van der Waals surface area contributed by atoms with Crippen molar-refractivity contribution in [3.8, 4) is 11.1 Å². The van der Waals surface area contributed by atoms with Crippen molar-refractivity contribution in [2.45, 2.75) is 0 Å². The van der Waals surface area contributed by atoms with Crippen LogP contribution >= 0.6 is 11.6 Å². The van der Waals surface area contributed by atoms with Gasteiger partial charge in [0.25, 0.3) is 11.5 Å². The number of hydrogen-bond donors (Lipinski definition) is 2. The molecule has 7 heteroatoms. The van der Waals surface area contributed by atoms with Crippen LogP contribution in [0.3, 0.4) is 0 Å². The monoisotopic (exact) mass is 382 g/mol. The number of carbonyl (C=O) groups excluding carboxylic acids is 2. The predicted octanol–water partition coefficient (Wildman–Crippen LogP) is 3.73. The average Bonchev–Trinajstić information content (AvgIpc) is 2.69. The Kier molecular flexibility index (Phi) is 5.38. The first-order valence-corrected chi connectivity index (χ1v) is 8.35. The van der Waals surface area contributed by atoms with E-state index in [9.17, 15) is 14.4 Å². The van der Waals surface area contributed by atoms with Crippen LogP contribution in [0, 0.1) is 0 Å². The van der Waals surface area contributed by atoms with Crippen LogP contribution in [-0.4, -0.2) is 24.0 Å². The number of amides is 1. The Morgan fingerprint density at radius 2 is 1.81 bits per heavy atom. The second-order valence-electron chi connectivity index (χ2n) is 5.60. The van der Waals surface area contributed by atoms with Crippen LogP contribution in [0.5, 0.6) is 0 Å². The third kappa shape index (κ3) is 3.91. The molecule has 3 rings (SSSR count). The number of halogens is 1. The number of methoxy groups -OCH3 is 1. The summed E-state index contributed by atoms with van der Waals surface area (Å²) in [5, 5.41) is 2.82. The van der Waals surface area contributed by atoms with Crippen LogP contribution in [0.2, 0.25) is 5.02 Å². The Morgan fingerprint density at radius 1 is 1.07 bits per heavy atom. The summed E-state index contributed by atoms with van der Waals surface area (Å²) >= 11 is 6.12. The lowest BCUT2D eigenvalue weighted by Gasteiger charge is -2.11. The first-order valence-electron chi connectivity index (χ1n) is 7.97. The van der Waals surface area contributed by atoms with Crippen molar-refractivity contribution in [1.29, 1.82) is 0 Å². The zero-order chi connectivity index (χ0) is 19.4. The van der Waals surface area contributed by atoms with Crippen LogP contribution in [-0.2, 0) is 4.74 Å². The molecule has 0 saturated heterocycles. The average molecular weight is 383 g/mol. The van der Waals surface area contributed by atoms with Gasteiger partial charge in [0, 0.05) is 11.8 Å². The van der Waals surface area contributed by atoms with Crippen LogP contribution in [0.1, 0.15) is 20.7 Å². The highest BCUT2D eigenvalue weighted by Crippen LogP contribution is 2.26. The van der Waals surface area contributed by atoms with E-state index in [1.165, 1.54) is 31.5 Å². The molecule has 1 amide bonds. The number of hydrogen-bond acceptors (Lipinski definition) is 4. The number of benzene rings is 2. The highest BCUT2D eigenvalue weighted by Gasteiger charge is 2.19. The van der Waals surface area contributed by atoms with E-state index in [0.717, 1.165) is 5.56 Å². The summed E-state index contributed by atoms with van der Waals surface area (Å²) in [6.45, 7) is 0. The lowest BCUT2D eigenvalue weighted by molar-refractivity contribution is 0.0600. The molecule has 0 fully saturated rings. The maximum atomic E-state index is 12.8. The molecule has 0 saturated carbocycles. The molecule has 27 heavy (non-hydrogen) atoms. The van der Waals surface area contributed by atoms with Crippen molar-refractivity contribution >= 4 is 29.2 Å². The van der Waals surface area contributed by atoms with Crippen molar-refractivity contribution in [2.75, 3.05) is 12.4 Å². The van der Waals surface area contributed by atoms with Crippen molar-refractivity contribution in [3.05, 3.63) is 87.3 Å². The first-order chi connectivity index (χ1) is 13.0. The van der Waals surface area contributed by atoms with Crippen LogP contribution in [0.25, 0.3) is 11.1 Å². The Hall–Kier alpha value is -3.38. The van der Waals surface area contributed by atoms with Crippen molar-refractivity contribution in [2.24, 2.45) is 0 Å². The molecule has 0 aliphatic heterocycles. The van der Waals surface area contributed by atoms with E-state index >= 15 is 0 Å². The fourth-order valence-electron chi connectivity index (χ4n) is 2.61. The van der Waals surface area contributed by atoms with E-state index in [1.54, 1.807) is 18.2 Å². The third-order valence-electron chi connectivity index (χ3n) is 3.91. The minimum atomic E-state index is -0.639. The molecule has 1 aromatic heterocycles. The summed E-state index contributed by atoms with van der Waals surface area (Å²) in [6.07, 6.45) is 1.48. The molecule has 2 aromatic carbocycles. The molecular weight excluding hydrogens is 368 g/mol. The largest absolute Gasteiger partial charge is 0.465 e. The quantitative estimate of drug-likeness (QED) is 0.673. The Bertz CT molecular complexity index is 1060. The second kappa shape index (κ2) is 7.88.